The largest absolute Gasteiger partial charge is 0.476 e. The molecule has 0 aliphatic rings. The third-order valence-electron chi connectivity index (χ3n) is 2.63. The Morgan fingerprint density at radius 2 is 2.20 bits per heavy atom. The van der Waals surface area contributed by atoms with Gasteiger partial charge < -0.3 is 9.63 Å². The molecule has 0 spiro atoms. The normalized spacial score (nSPS) is 10.7. The highest BCUT2D eigenvalue weighted by Gasteiger charge is 2.13. The lowest BCUT2D eigenvalue weighted by atomic mass is 10.1. The molecule has 1 aromatic carbocycles. The number of aromatic nitrogens is 4. The van der Waals surface area contributed by atoms with Crippen LogP contribution in [0.25, 0.3) is 17.0 Å². The molecule has 0 fully saturated rings. The van der Waals surface area contributed by atoms with E-state index in [-0.39, 0.29) is 5.69 Å². The molecule has 0 bridgehead atoms. The average molecular weight is 335 g/mol. The topological polar surface area (TPSA) is 94.0 Å². The molecule has 1 N–H and O–H groups in total. The molecule has 0 saturated heterocycles. The van der Waals surface area contributed by atoms with Gasteiger partial charge in [0.1, 0.15) is 12.7 Å². The number of carbonyl (C=O) groups is 1. The van der Waals surface area contributed by atoms with Crippen LogP contribution in [0.4, 0.5) is 0 Å². The van der Waals surface area contributed by atoms with E-state index in [2.05, 4.69) is 31.2 Å². The zero-order chi connectivity index (χ0) is 14.1. The molecule has 0 radical (unpaired) electrons. The van der Waals surface area contributed by atoms with Gasteiger partial charge in [0.15, 0.2) is 11.5 Å². The lowest BCUT2D eigenvalue weighted by Gasteiger charge is -2.04. The molecule has 2 heterocycles. The monoisotopic (exact) mass is 334 g/mol. The molecule has 8 heteroatoms. The molecule has 100 valence electrons. The van der Waals surface area contributed by atoms with E-state index in [0.29, 0.717) is 11.3 Å². The van der Waals surface area contributed by atoms with Crippen molar-refractivity contribution >= 4 is 21.9 Å². The quantitative estimate of drug-likeness (QED) is 0.790. The smallest absolute Gasteiger partial charge is 0.358 e. The van der Waals surface area contributed by atoms with Crippen molar-refractivity contribution in [3.63, 3.8) is 0 Å². The fourth-order valence-corrected chi connectivity index (χ4v) is 2.25. The van der Waals surface area contributed by atoms with Gasteiger partial charge in [-0.15, -0.1) is 0 Å². The van der Waals surface area contributed by atoms with E-state index >= 15 is 0 Å². The van der Waals surface area contributed by atoms with Gasteiger partial charge in [0.05, 0.1) is 5.69 Å². The summed E-state index contributed by atoms with van der Waals surface area (Å²) in [5.74, 6) is -0.744. The van der Waals surface area contributed by atoms with Crippen molar-refractivity contribution in [3.05, 3.63) is 47.1 Å². The van der Waals surface area contributed by atoms with E-state index in [0.717, 1.165) is 10.2 Å². The van der Waals surface area contributed by atoms with E-state index in [4.69, 9.17) is 9.63 Å². The third kappa shape index (κ3) is 2.21. The number of nitrogens with zero attached hydrogens (tertiary/aromatic N) is 4. The van der Waals surface area contributed by atoms with Crippen molar-refractivity contribution in [3.8, 4) is 17.0 Å². The van der Waals surface area contributed by atoms with Crippen LogP contribution in [0.3, 0.4) is 0 Å². The lowest BCUT2D eigenvalue weighted by Crippen LogP contribution is -1.95. The highest BCUT2D eigenvalue weighted by atomic mass is 79.9. The predicted molar refractivity (Wildman–Crippen MR) is 71.5 cm³/mol. The Morgan fingerprint density at radius 1 is 1.35 bits per heavy atom. The van der Waals surface area contributed by atoms with Crippen molar-refractivity contribution < 1.29 is 14.4 Å². The summed E-state index contributed by atoms with van der Waals surface area (Å²) in [6, 6.07) is 6.77. The van der Waals surface area contributed by atoms with Gasteiger partial charge in [-0.25, -0.2) is 14.5 Å². The van der Waals surface area contributed by atoms with Gasteiger partial charge >= 0.3 is 5.97 Å². The van der Waals surface area contributed by atoms with Crippen LogP contribution in [0.15, 0.2) is 45.9 Å². The first-order valence-corrected chi connectivity index (χ1v) is 6.29. The molecular weight excluding hydrogens is 328 g/mol. The van der Waals surface area contributed by atoms with Crippen molar-refractivity contribution in [2.75, 3.05) is 0 Å². The van der Waals surface area contributed by atoms with Crippen molar-refractivity contribution in [1.82, 2.24) is 19.9 Å². The van der Waals surface area contributed by atoms with E-state index < -0.39 is 5.97 Å². The van der Waals surface area contributed by atoms with Crippen LogP contribution in [0, 0.1) is 0 Å². The molecule has 0 unspecified atom stereocenters. The number of rotatable bonds is 3. The first-order valence-electron chi connectivity index (χ1n) is 5.50. The molecule has 0 amide bonds. The molecular formula is C12H7BrN4O3. The first-order chi connectivity index (χ1) is 9.65. The second-order valence-corrected chi connectivity index (χ2v) is 4.74. The molecule has 0 atom stereocenters. The van der Waals surface area contributed by atoms with Crippen LogP contribution in [0.2, 0.25) is 0 Å². The van der Waals surface area contributed by atoms with E-state index in [1.54, 1.807) is 23.1 Å². The van der Waals surface area contributed by atoms with Crippen LogP contribution >= 0.6 is 15.9 Å². The number of carboxylic acid groups (broad SMARTS) is 1. The van der Waals surface area contributed by atoms with Gasteiger partial charge in [0.25, 0.3) is 0 Å². The zero-order valence-electron chi connectivity index (χ0n) is 9.89. The molecule has 3 rings (SSSR count). The van der Waals surface area contributed by atoms with Gasteiger partial charge in [-0.3, -0.25) is 0 Å². The molecule has 0 aliphatic carbocycles. The second-order valence-electron chi connectivity index (χ2n) is 3.89. The molecule has 3 aromatic rings. The Balaban J connectivity index is 1.99. The minimum Gasteiger partial charge on any atom is -0.476 e. The van der Waals surface area contributed by atoms with Crippen LogP contribution < -0.4 is 0 Å². The first kappa shape index (κ1) is 12.5. The summed E-state index contributed by atoms with van der Waals surface area (Å²) in [4.78, 5) is 14.7. The molecule has 0 saturated carbocycles. The Morgan fingerprint density at radius 3 is 2.80 bits per heavy atom. The van der Waals surface area contributed by atoms with Crippen LogP contribution in [-0.4, -0.2) is 31.0 Å². The SMILES string of the molecule is O=C(O)c1cc(-c2ccc(-n3cncn3)c(Br)c2)on1. The summed E-state index contributed by atoms with van der Waals surface area (Å²) < 4.78 is 7.39. The lowest BCUT2D eigenvalue weighted by molar-refractivity contribution is 0.0686. The maximum absolute atomic E-state index is 10.8. The minimum atomic E-state index is -1.13. The molecule has 20 heavy (non-hydrogen) atoms. The van der Waals surface area contributed by atoms with Gasteiger partial charge in [0, 0.05) is 16.1 Å². The molecule has 0 aliphatic heterocycles. The Kier molecular flexibility index (Phi) is 3.07. The van der Waals surface area contributed by atoms with E-state index in [1.165, 1.54) is 12.4 Å². The fraction of sp³-hybridized carbons (Fsp3) is 0. The number of aromatic carboxylic acids is 1. The van der Waals surface area contributed by atoms with Gasteiger partial charge in [0.2, 0.25) is 0 Å². The molecule has 7 nitrogen and oxygen atoms in total. The Labute approximate surface area is 121 Å². The third-order valence-corrected chi connectivity index (χ3v) is 3.26. The minimum absolute atomic E-state index is 0.128. The zero-order valence-corrected chi connectivity index (χ0v) is 11.5. The average Bonchev–Trinajstić information content (AvgIpc) is 3.10. The van der Waals surface area contributed by atoms with Crippen molar-refractivity contribution in [2.45, 2.75) is 0 Å². The van der Waals surface area contributed by atoms with Gasteiger partial charge in [-0.2, -0.15) is 5.10 Å². The fourth-order valence-electron chi connectivity index (χ4n) is 1.69. The summed E-state index contributed by atoms with van der Waals surface area (Å²) in [6.45, 7) is 0. The van der Waals surface area contributed by atoms with Crippen LogP contribution in [0.1, 0.15) is 10.5 Å². The number of hydrogen-bond donors (Lipinski definition) is 1. The second kappa shape index (κ2) is 4.89. The Bertz CT molecular complexity index is 767. The number of benzene rings is 1. The number of hydrogen-bond acceptors (Lipinski definition) is 5. The highest BCUT2D eigenvalue weighted by Crippen LogP contribution is 2.28. The standard InChI is InChI=1S/C12H7BrN4O3/c13-8-3-7(11-4-9(12(18)19)16-20-11)1-2-10(8)17-6-14-5-15-17/h1-6H,(H,18,19). The summed E-state index contributed by atoms with van der Waals surface area (Å²) >= 11 is 3.43. The summed E-state index contributed by atoms with van der Waals surface area (Å²) in [5.41, 5.74) is 1.39. The highest BCUT2D eigenvalue weighted by molar-refractivity contribution is 9.10. The van der Waals surface area contributed by atoms with Crippen LogP contribution in [-0.2, 0) is 0 Å². The summed E-state index contributed by atoms with van der Waals surface area (Å²) in [5, 5.41) is 16.3. The van der Waals surface area contributed by atoms with Crippen molar-refractivity contribution in [2.24, 2.45) is 0 Å². The van der Waals surface area contributed by atoms with Gasteiger partial charge in [-0.1, -0.05) is 5.16 Å². The van der Waals surface area contributed by atoms with E-state index in [9.17, 15) is 4.79 Å². The summed E-state index contributed by atoms with van der Waals surface area (Å²) in [7, 11) is 0. The molecule has 2 aromatic heterocycles. The number of halogens is 1. The van der Waals surface area contributed by atoms with Crippen molar-refractivity contribution in [1.29, 1.82) is 0 Å². The summed E-state index contributed by atoms with van der Waals surface area (Å²) in [6.07, 6.45) is 3.02. The maximum Gasteiger partial charge on any atom is 0.358 e. The Hall–Kier alpha value is -2.48. The van der Waals surface area contributed by atoms with E-state index in [1.807, 2.05) is 6.07 Å². The number of carboxylic acids is 1. The maximum atomic E-state index is 10.8. The van der Waals surface area contributed by atoms with Crippen LogP contribution in [0.5, 0.6) is 0 Å². The van der Waals surface area contributed by atoms with Gasteiger partial charge in [-0.05, 0) is 34.1 Å². The predicted octanol–water partition coefficient (Wildman–Crippen LogP) is 2.38.